The molecule has 1 aromatic rings. The van der Waals surface area contributed by atoms with Gasteiger partial charge in [-0.05, 0) is 30.7 Å². The van der Waals surface area contributed by atoms with Crippen LogP contribution < -0.4 is 5.32 Å². The number of aromatic nitrogens is 1. The first kappa shape index (κ1) is 15.2. The van der Waals surface area contributed by atoms with Crippen molar-refractivity contribution in [3.05, 3.63) is 24.0 Å². The summed E-state index contributed by atoms with van der Waals surface area (Å²) in [5, 5.41) is 4.26. The number of carbonyl (C=O) groups is 1. The van der Waals surface area contributed by atoms with Gasteiger partial charge in [-0.1, -0.05) is 13.3 Å². The molecule has 2 unspecified atom stereocenters. The minimum atomic E-state index is -0.0560. The second-order valence-electron chi connectivity index (χ2n) is 5.30. The third kappa shape index (κ3) is 3.66. The van der Waals surface area contributed by atoms with Gasteiger partial charge in [0.2, 0.25) is 0 Å². The van der Waals surface area contributed by atoms with E-state index in [2.05, 4.69) is 17.2 Å². The molecule has 110 valence electrons. The SMILES string of the molecule is CCSC1CCCC1Nc1ccnc(C(=O)N(C)C)c1. The summed E-state index contributed by atoms with van der Waals surface area (Å²) in [5.41, 5.74) is 1.50. The van der Waals surface area contributed by atoms with E-state index in [1.165, 1.54) is 19.3 Å². The zero-order valence-corrected chi connectivity index (χ0v) is 13.2. The summed E-state index contributed by atoms with van der Waals surface area (Å²) in [4.78, 5) is 17.6. The molecular weight excluding hydrogens is 270 g/mol. The molecule has 1 amide bonds. The first-order chi connectivity index (χ1) is 9.61. The van der Waals surface area contributed by atoms with Crippen LogP contribution in [0.25, 0.3) is 0 Å². The highest BCUT2D eigenvalue weighted by Gasteiger charge is 2.27. The molecule has 1 N–H and O–H groups in total. The third-order valence-electron chi connectivity index (χ3n) is 3.57. The fourth-order valence-corrected chi connectivity index (χ4v) is 3.78. The number of nitrogens with zero attached hydrogens (tertiary/aromatic N) is 2. The van der Waals surface area contributed by atoms with Crippen LogP contribution in [-0.2, 0) is 0 Å². The molecule has 2 rings (SSSR count). The molecule has 1 saturated carbocycles. The van der Waals surface area contributed by atoms with E-state index in [0.29, 0.717) is 17.0 Å². The molecule has 0 aliphatic heterocycles. The van der Waals surface area contributed by atoms with Gasteiger partial charge in [0.1, 0.15) is 5.69 Å². The van der Waals surface area contributed by atoms with E-state index >= 15 is 0 Å². The van der Waals surface area contributed by atoms with Crippen LogP contribution in [0.15, 0.2) is 18.3 Å². The van der Waals surface area contributed by atoms with Crippen molar-refractivity contribution in [3.8, 4) is 0 Å². The van der Waals surface area contributed by atoms with Crippen LogP contribution in [-0.4, -0.2) is 46.9 Å². The Balaban J connectivity index is 2.06. The monoisotopic (exact) mass is 293 g/mol. The van der Waals surface area contributed by atoms with Crippen molar-refractivity contribution in [3.63, 3.8) is 0 Å². The van der Waals surface area contributed by atoms with Gasteiger partial charge in [0.05, 0.1) is 0 Å². The van der Waals surface area contributed by atoms with E-state index in [0.717, 1.165) is 11.4 Å². The van der Waals surface area contributed by atoms with E-state index < -0.39 is 0 Å². The van der Waals surface area contributed by atoms with Gasteiger partial charge in [0.25, 0.3) is 5.91 Å². The normalized spacial score (nSPS) is 21.8. The molecule has 1 aliphatic carbocycles. The van der Waals surface area contributed by atoms with Gasteiger partial charge in [-0.3, -0.25) is 9.78 Å². The number of carbonyl (C=O) groups excluding carboxylic acids is 1. The highest BCUT2D eigenvalue weighted by Crippen LogP contribution is 2.32. The molecule has 0 bridgehead atoms. The first-order valence-electron chi connectivity index (χ1n) is 7.17. The molecule has 0 spiro atoms. The number of anilines is 1. The van der Waals surface area contributed by atoms with Crippen LogP contribution in [0.2, 0.25) is 0 Å². The predicted octanol–water partition coefficient (Wildman–Crippen LogP) is 2.87. The largest absolute Gasteiger partial charge is 0.381 e. The lowest BCUT2D eigenvalue weighted by Crippen LogP contribution is -2.27. The molecule has 1 aliphatic rings. The van der Waals surface area contributed by atoms with Gasteiger partial charge in [0.15, 0.2) is 0 Å². The lowest BCUT2D eigenvalue weighted by molar-refractivity contribution is 0.0822. The summed E-state index contributed by atoms with van der Waals surface area (Å²) < 4.78 is 0. The maximum absolute atomic E-state index is 11.9. The van der Waals surface area contributed by atoms with Crippen LogP contribution in [0.3, 0.4) is 0 Å². The van der Waals surface area contributed by atoms with E-state index in [1.807, 2.05) is 23.9 Å². The smallest absolute Gasteiger partial charge is 0.272 e. The van der Waals surface area contributed by atoms with Crippen LogP contribution >= 0.6 is 11.8 Å². The van der Waals surface area contributed by atoms with E-state index in [-0.39, 0.29) is 5.91 Å². The molecule has 4 nitrogen and oxygen atoms in total. The lowest BCUT2D eigenvalue weighted by atomic mass is 10.2. The molecule has 1 heterocycles. The second-order valence-corrected chi connectivity index (χ2v) is 6.82. The number of rotatable bonds is 5. The van der Waals surface area contributed by atoms with Crippen LogP contribution in [0.1, 0.15) is 36.7 Å². The summed E-state index contributed by atoms with van der Waals surface area (Å²) in [5.74, 6) is 1.10. The maximum atomic E-state index is 11.9. The molecule has 1 aromatic heterocycles. The fourth-order valence-electron chi connectivity index (χ4n) is 2.59. The summed E-state index contributed by atoms with van der Waals surface area (Å²) in [7, 11) is 3.49. The molecular formula is C15H23N3OS. The van der Waals surface area contributed by atoms with Crippen molar-refractivity contribution in [2.45, 2.75) is 37.5 Å². The van der Waals surface area contributed by atoms with Gasteiger partial charge in [-0.25, -0.2) is 0 Å². The topological polar surface area (TPSA) is 45.2 Å². The summed E-state index contributed by atoms with van der Waals surface area (Å²) in [6.45, 7) is 2.21. The number of amides is 1. The average Bonchev–Trinajstić information content (AvgIpc) is 2.86. The number of thioether (sulfide) groups is 1. The Morgan fingerprint density at radius 2 is 2.30 bits per heavy atom. The summed E-state index contributed by atoms with van der Waals surface area (Å²) in [6.07, 6.45) is 5.47. The highest BCUT2D eigenvalue weighted by molar-refractivity contribution is 7.99. The zero-order chi connectivity index (χ0) is 14.5. The third-order valence-corrected chi connectivity index (χ3v) is 4.90. The maximum Gasteiger partial charge on any atom is 0.272 e. The van der Waals surface area contributed by atoms with Gasteiger partial charge >= 0.3 is 0 Å². The minimum absolute atomic E-state index is 0.0560. The molecule has 20 heavy (non-hydrogen) atoms. The van der Waals surface area contributed by atoms with Crippen LogP contribution in [0.5, 0.6) is 0 Å². The summed E-state index contributed by atoms with van der Waals surface area (Å²) >= 11 is 2.03. The molecule has 5 heteroatoms. The van der Waals surface area contributed by atoms with E-state index in [4.69, 9.17) is 0 Å². The van der Waals surface area contributed by atoms with Gasteiger partial charge < -0.3 is 10.2 Å². The fraction of sp³-hybridized carbons (Fsp3) is 0.600. The standard InChI is InChI=1S/C15H23N3OS/c1-4-20-14-7-5-6-12(14)17-11-8-9-16-13(10-11)15(19)18(2)3/h8-10,12,14H,4-7H2,1-3H3,(H,16,17). The van der Waals surface area contributed by atoms with E-state index in [9.17, 15) is 4.79 Å². The quantitative estimate of drug-likeness (QED) is 0.906. The minimum Gasteiger partial charge on any atom is -0.381 e. The van der Waals surface area contributed by atoms with E-state index in [1.54, 1.807) is 25.2 Å². The number of hydrogen-bond acceptors (Lipinski definition) is 4. The highest BCUT2D eigenvalue weighted by atomic mass is 32.2. The Labute approximate surface area is 125 Å². The van der Waals surface area contributed by atoms with Crippen molar-refractivity contribution in [1.82, 2.24) is 9.88 Å². The Hall–Kier alpha value is -1.23. The van der Waals surface area contributed by atoms with Crippen molar-refractivity contribution >= 4 is 23.4 Å². The second kappa shape index (κ2) is 6.97. The lowest BCUT2D eigenvalue weighted by Gasteiger charge is -2.21. The Kier molecular flexibility index (Phi) is 5.29. The Bertz CT molecular complexity index is 464. The summed E-state index contributed by atoms with van der Waals surface area (Å²) in [6, 6.07) is 4.30. The average molecular weight is 293 g/mol. The molecule has 0 radical (unpaired) electrons. The molecule has 0 saturated heterocycles. The van der Waals surface area contributed by atoms with Crippen molar-refractivity contribution < 1.29 is 4.79 Å². The molecule has 0 aromatic carbocycles. The molecule has 2 atom stereocenters. The van der Waals surface area contributed by atoms with Crippen LogP contribution in [0.4, 0.5) is 5.69 Å². The van der Waals surface area contributed by atoms with Crippen molar-refractivity contribution in [1.29, 1.82) is 0 Å². The van der Waals surface area contributed by atoms with Gasteiger partial charge in [-0.15, -0.1) is 0 Å². The van der Waals surface area contributed by atoms with Crippen LogP contribution in [0, 0.1) is 0 Å². The number of nitrogens with one attached hydrogen (secondary N) is 1. The number of hydrogen-bond donors (Lipinski definition) is 1. The Morgan fingerprint density at radius 3 is 3.00 bits per heavy atom. The predicted molar refractivity (Wildman–Crippen MR) is 85.4 cm³/mol. The van der Waals surface area contributed by atoms with Crippen molar-refractivity contribution in [2.75, 3.05) is 25.2 Å². The van der Waals surface area contributed by atoms with Crippen molar-refractivity contribution in [2.24, 2.45) is 0 Å². The zero-order valence-electron chi connectivity index (χ0n) is 12.4. The molecule has 1 fully saturated rings. The first-order valence-corrected chi connectivity index (χ1v) is 8.22. The van der Waals surface area contributed by atoms with Gasteiger partial charge in [0, 0.05) is 37.3 Å². The van der Waals surface area contributed by atoms with Gasteiger partial charge in [-0.2, -0.15) is 11.8 Å². The number of pyridine rings is 1. The Morgan fingerprint density at radius 1 is 1.50 bits per heavy atom.